The van der Waals surface area contributed by atoms with Gasteiger partial charge in [-0.05, 0) is 19.8 Å². The summed E-state index contributed by atoms with van der Waals surface area (Å²) in [4.78, 5) is 0. The van der Waals surface area contributed by atoms with Gasteiger partial charge in [-0.25, -0.2) is 22.0 Å². The van der Waals surface area contributed by atoms with E-state index in [0.717, 1.165) is 0 Å². The first-order valence-electron chi connectivity index (χ1n) is 5.57. The molecule has 0 aliphatic carbocycles. The van der Waals surface area contributed by atoms with Crippen molar-refractivity contribution in [2.45, 2.75) is 39.2 Å². The molecule has 0 aromatic heterocycles. The van der Waals surface area contributed by atoms with E-state index in [4.69, 9.17) is 0 Å². The first kappa shape index (κ1) is 14.7. The van der Waals surface area contributed by atoms with E-state index in [0.29, 0.717) is 12.8 Å². The molecule has 1 N–H and O–H groups in total. The monoisotopic (exact) mass is 267 g/mol. The van der Waals surface area contributed by atoms with Crippen LogP contribution in [0.4, 0.5) is 27.6 Å². The third-order valence-electron chi connectivity index (χ3n) is 3.20. The highest BCUT2D eigenvalue weighted by Crippen LogP contribution is 2.31. The van der Waals surface area contributed by atoms with Crippen LogP contribution in [0.1, 0.15) is 33.6 Å². The Morgan fingerprint density at radius 2 is 1.11 bits per heavy atom. The average Bonchev–Trinajstić information content (AvgIpc) is 2.39. The van der Waals surface area contributed by atoms with Gasteiger partial charge in [0.2, 0.25) is 5.82 Å². The summed E-state index contributed by atoms with van der Waals surface area (Å²) in [7, 11) is 0. The van der Waals surface area contributed by atoms with E-state index in [-0.39, 0.29) is 0 Å². The largest absolute Gasteiger partial charge is 0.375 e. The van der Waals surface area contributed by atoms with Gasteiger partial charge >= 0.3 is 0 Å². The zero-order valence-corrected chi connectivity index (χ0v) is 10.3. The van der Waals surface area contributed by atoms with Crippen LogP contribution in [0.25, 0.3) is 0 Å². The minimum absolute atomic E-state index is 0.475. The molecule has 6 heteroatoms. The van der Waals surface area contributed by atoms with Crippen molar-refractivity contribution >= 4 is 5.69 Å². The Kier molecular flexibility index (Phi) is 4.19. The Hall–Kier alpha value is -1.33. The zero-order valence-electron chi connectivity index (χ0n) is 10.3. The van der Waals surface area contributed by atoms with Gasteiger partial charge in [0, 0.05) is 5.54 Å². The topological polar surface area (TPSA) is 12.0 Å². The smallest absolute Gasteiger partial charge is 0.200 e. The molecule has 0 radical (unpaired) electrons. The summed E-state index contributed by atoms with van der Waals surface area (Å²) in [5.41, 5.74) is -1.71. The molecule has 0 spiro atoms. The molecule has 0 amide bonds. The summed E-state index contributed by atoms with van der Waals surface area (Å²) in [6.45, 7) is 5.15. The molecule has 0 heterocycles. The van der Waals surface area contributed by atoms with Crippen molar-refractivity contribution in [1.29, 1.82) is 0 Å². The highest BCUT2D eigenvalue weighted by Gasteiger charge is 2.29. The highest BCUT2D eigenvalue weighted by molar-refractivity contribution is 5.49. The molecule has 0 aliphatic heterocycles. The number of hydrogen-bond donors (Lipinski definition) is 1. The van der Waals surface area contributed by atoms with Crippen LogP contribution in [0, 0.1) is 29.1 Å². The van der Waals surface area contributed by atoms with Crippen LogP contribution in [-0.4, -0.2) is 5.54 Å². The maximum Gasteiger partial charge on any atom is 0.200 e. The van der Waals surface area contributed by atoms with E-state index in [9.17, 15) is 22.0 Å². The van der Waals surface area contributed by atoms with E-state index in [1.165, 1.54) is 0 Å². The number of anilines is 1. The number of halogens is 5. The van der Waals surface area contributed by atoms with E-state index in [2.05, 4.69) is 5.32 Å². The molecule has 0 unspecified atom stereocenters. The quantitative estimate of drug-likeness (QED) is 0.485. The number of benzene rings is 1. The highest BCUT2D eigenvalue weighted by atomic mass is 19.2. The third kappa shape index (κ3) is 2.42. The Balaban J connectivity index is 3.34. The van der Waals surface area contributed by atoms with Gasteiger partial charge in [-0.1, -0.05) is 13.8 Å². The molecule has 0 atom stereocenters. The molecule has 0 aliphatic rings. The summed E-state index contributed by atoms with van der Waals surface area (Å²) in [6.07, 6.45) is 0.950. The molecule has 102 valence electrons. The van der Waals surface area contributed by atoms with E-state index in [1.807, 2.05) is 0 Å². The molecule has 0 fully saturated rings. The first-order chi connectivity index (χ1) is 8.27. The van der Waals surface area contributed by atoms with Crippen LogP contribution in [0.2, 0.25) is 0 Å². The molecule has 0 bridgehead atoms. The van der Waals surface area contributed by atoms with E-state index in [1.54, 1.807) is 20.8 Å². The van der Waals surface area contributed by atoms with Crippen molar-refractivity contribution in [3.05, 3.63) is 29.1 Å². The fourth-order valence-corrected chi connectivity index (χ4v) is 1.44. The predicted molar refractivity (Wildman–Crippen MR) is 58.8 cm³/mol. The lowest BCUT2D eigenvalue weighted by Crippen LogP contribution is -2.34. The first-order valence-corrected chi connectivity index (χ1v) is 5.57. The van der Waals surface area contributed by atoms with Crippen LogP contribution in [0.15, 0.2) is 0 Å². The van der Waals surface area contributed by atoms with Crippen molar-refractivity contribution in [3.63, 3.8) is 0 Å². The zero-order chi connectivity index (χ0) is 14.1. The molecular formula is C12H14F5N. The van der Waals surface area contributed by atoms with Crippen LogP contribution >= 0.6 is 0 Å². The van der Waals surface area contributed by atoms with Gasteiger partial charge < -0.3 is 5.32 Å². The minimum Gasteiger partial charge on any atom is -0.375 e. The molecule has 1 aromatic carbocycles. The second-order valence-corrected chi connectivity index (χ2v) is 4.34. The van der Waals surface area contributed by atoms with E-state index >= 15 is 0 Å². The van der Waals surface area contributed by atoms with Gasteiger partial charge in [0.15, 0.2) is 23.3 Å². The van der Waals surface area contributed by atoms with Crippen LogP contribution in [0.3, 0.4) is 0 Å². The van der Waals surface area contributed by atoms with E-state index < -0.39 is 40.3 Å². The Labute approximate surface area is 102 Å². The van der Waals surface area contributed by atoms with Gasteiger partial charge in [0.05, 0.1) is 0 Å². The SMILES string of the molecule is CCC(C)(CC)Nc1c(F)c(F)c(F)c(F)c1F. The van der Waals surface area contributed by atoms with Crippen molar-refractivity contribution < 1.29 is 22.0 Å². The van der Waals surface area contributed by atoms with Crippen LogP contribution < -0.4 is 5.32 Å². The second-order valence-electron chi connectivity index (χ2n) is 4.34. The molecule has 1 aromatic rings. The molecular weight excluding hydrogens is 253 g/mol. The molecule has 18 heavy (non-hydrogen) atoms. The summed E-state index contributed by atoms with van der Waals surface area (Å²) < 4.78 is 65.7. The summed E-state index contributed by atoms with van der Waals surface area (Å²) >= 11 is 0. The summed E-state index contributed by atoms with van der Waals surface area (Å²) in [5, 5.41) is 2.40. The molecule has 0 saturated carbocycles. The summed E-state index contributed by atoms with van der Waals surface area (Å²) in [6, 6.07) is 0. The normalized spacial score (nSPS) is 11.8. The van der Waals surface area contributed by atoms with Gasteiger partial charge in [-0.3, -0.25) is 0 Å². The lowest BCUT2D eigenvalue weighted by Gasteiger charge is -2.30. The number of nitrogens with one attached hydrogen (secondary N) is 1. The van der Waals surface area contributed by atoms with Gasteiger partial charge in [0.1, 0.15) is 5.69 Å². The Morgan fingerprint density at radius 3 is 1.44 bits per heavy atom. The molecule has 0 saturated heterocycles. The standard InChI is InChI=1S/C12H14F5N/c1-4-12(3,5-2)18-11-9(16)7(14)6(13)8(15)10(11)17/h18H,4-5H2,1-3H3. The van der Waals surface area contributed by atoms with Crippen molar-refractivity contribution in [3.8, 4) is 0 Å². The van der Waals surface area contributed by atoms with Gasteiger partial charge in [-0.15, -0.1) is 0 Å². The fourth-order valence-electron chi connectivity index (χ4n) is 1.44. The lowest BCUT2D eigenvalue weighted by molar-refractivity contribution is 0.376. The van der Waals surface area contributed by atoms with Crippen molar-refractivity contribution in [2.75, 3.05) is 5.32 Å². The Morgan fingerprint density at radius 1 is 0.778 bits per heavy atom. The summed E-state index contributed by atoms with van der Waals surface area (Å²) in [5.74, 6) is -9.69. The third-order valence-corrected chi connectivity index (χ3v) is 3.20. The molecule has 1 rings (SSSR count). The van der Waals surface area contributed by atoms with Crippen molar-refractivity contribution in [2.24, 2.45) is 0 Å². The lowest BCUT2D eigenvalue weighted by atomic mass is 9.95. The van der Waals surface area contributed by atoms with Crippen LogP contribution in [0.5, 0.6) is 0 Å². The second kappa shape index (κ2) is 5.12. The molecule has 1 nitrogen and oxygen atoms in total. The van der Waals surface area contributed by atoms with Gasteiger partial charge in [0.25, 0.3) is 0 Å². The van der Waals surface area contributed by atoms with Gasteiger partial charge in [-0.2, -0.15) is 0 Å². The number of rotatable bonds is 4. The maximum absolute atomic E-state index is 13.4. The minimum atomic E-state index is -2.15. The Bertz CT molecular complexity index is 425. The average molecular weight is 267 g/mol. The number of hydrogen-bond acceptors (Lipinski definition) is 1. The van der Waals surface area contributed by atoms with Crippen molar-refractivity contribution in [1.82, 2.24) is 0 Å². The van der Waals surface area contributed by atoms with Crippen LogP contribution in [-0.2, 0) is 0 Å². The fraction of sp³-hybridized carbons (Fsp3) is 0.500. The maximum atomic E-state index is 13.4. The predicted octanol–water partition coefficient (Wildman–Crippen LogP) is 4.37.